The number of aliphatic hydroxyl groups is 1. The highest BCUT2D eigenvalue weighted by Crippen LogP contribution is 2.27. The second-order valence-electron chi connectivity index (χ2n) is 5.09. The number of nitrogen functional groups attached to an aromatic ring is 1. The molecule has 1 saturated heterocycles. The number of aliphatic hydroxyl groups excluding tert-OH is 1. The van der Waals surface area contributed by atoms with Crippen LogP contribution < -0.4 is 5.73 Å². The fraction of sp³-hybridized carbons (Fsp3) is 0.500. The SMILES string of the molecule is Nc1ncnc2c(CN3CC(O)[C@@H](CSI)C3)c[nH]c12. The topological polar surface area (TPSA) is 91.1 Å². The first-order valence-corrected chi connectivity index (χ1v) is 9.92. The van der Waals surface area contributed by atoms with Gasteiger partial charge in [0.25, 0.3) is 0 Å². The number of halogens is 1. The minimum Gasteiger partial charge on any atom is -0.391 e. The predicted molar refractivity (Wildman–Crippen MR) is 89.6 cm³/mol. The van der Waals surface area contributed by atoms with Crippen molar-refractivity contribution in [1.29, 1.82) is 0 Å². The summed E-state index contributed by atoms with van der Waals surface area (Å²) in [4.78, 5) is 13.7. The number of hydrogen-bond donors (Lipinski definition) is 3. The van der Waals surface area contributed by atoms with E-state index in [0.717, 1.165) is 42.0 Å². The average molecular weight is 405 g/mol. The summed E-state index contributed by atoms with van der Waals surface area (Å²) >= 11 is 2.28. The Kier molecular flexibility index (Phi) is 4.34. The molecule has 3 rings (SSSR count). The summed E-state index contributed by atoms with van der Waals surface area (Å²) in [6.07, 6.45) is 3.19. The predicted octanol–water partition coefficient (Wildman–Crippen LogP) is 1.42. The van der Waals surface area contributed by atoms with Gasteiger partial charge in [-0.2, -0.15) is 0 Å². The minimum atomic E-state index is -0.234. The number of β-amino-alcohol motifs (C(OH)–C–C–N with tert-alkyl or cyclic N) is 1. The average Bonchev–Trinajstić information content (AvgIpc) is 2.97. The minimum absolute atomic E-state index is 0.234. The molecule has 0 bridgehead atoms. The maximum atomic E-state index is 10.1. The zero-order valence-corrected chi connectivity index (χ0v) is 13.8. The maximum Gasteiger partial charge on any atom is 0.151 e. The molecule has 0 aromatic carbocycles. The number of aromatic amines is 1. The molecule has 0 saturated carbocycles. The third-order valence-electron chi connectivity index (χ3n) is 3.72. The van der Waals surface area contributed by atoms with Gasteiger partial charge in [-0.15, -0.1) is 0 Å². The Bertz CT molecular complexity index is 607. The number of anilines is 1. The van der Waals surface area contributed by atoms with Crippen molar-refractivity contribution in [3.8, 4) is 0 Å². The quantitative estimate of drug-likeness (QED) is 0.667. The normalized spacial score (nSPS) is 23.7. The smallest absolute Gasteiger partial charge is 0.151 e. The van der Waals surface area contributed by atoms with Crippen molar-refractivity contribution in [2.24, 2.45) is 5.92 Å². The van der Waals surface area contributed by atoms with Crippen LogP contribution in [0.5, 0.6) is 0 Å². The van der Waals surface area contributed by atoms with Crippen LogP contribution in [0.3, 0.4) is 0 Å². The fourth-order valence-electron chi connectivity index (χ4n) is 2.69. The molecule has 3 heterocycles. The monoisotopic (exact) mass is 405 g/mol. The van der Waals surface area contributed by atoms with E-state index in [1.807, 2.05) is 6.20 Å². The van der Waals surface area contributed by atoms with E-state index in [2.05, 4.69) is 41.1 Å². The summed E-state index contributed by atoms with van der Waals surface area (Å²) in [5.41, 5.74) is 8.59. The lowest BCUT2D eigenvalue weighted by molar-refractivity contribution is 0.149. The van der Waals surface area contributed by atoms with Gasteiger partial charge in [-0.25, -0.2) is 9.97 Å². The molecule has 8 heteroatoms. The molecule has 20 heavy (non-hydrogen) atoms. The summed E-state index contributed by atoms with van der Waals surface area (Å²) in [7, 11) is 1.76. The van der Waals surface area contributed by atoms with E-state index in [1.165, 1.54) is 6.33 Å². The Morgan fingerprint density at radius 2 is 2.35 bits per heavy atom. The Morgan fingerprint density at radius 3 is 3.15 bits per heavy atom. The summed E-state index contributed by atoms with van der Waals surface area (Å²) in [5.74, 6) is 1.81. The summed E-state index contributed by atoms with van der Waals surface area (Å²) < 4.78 is 0. The molecule has 2 aromatic rings. The molecule has 0 radical (unpaired) electrons. The number of hydrogen-bond acceptors (Lipinski definition) is 6. The van der Waals surface area contributed by atoms with E-state index in [-0.39, 0.29) is 6.10 Å². The second-order valence-corrected chi connectivity index (χ2v) is 7.51. The van der Waals surface area contributed by atoms with E-state index >= 15 is 0 Å². The number of aromatic nitrogens is 3. The Labute approximate surface area is 133 Å². The van der Waals surface area contributed by atoms with Gasteiger partial charge in [0, 0.05) is 43.1 Å². The zero-order valence-electron chi connectivity index (χ0n) is 10.8. The molecule has 4 N–H and O–H groups in total. The molecule has 1 aliphatic heterocycles. The highest BCUT2D eigenvalue weighted by atomic mass is 127. The van der Waals surface area contributed by atoms with Crippen molar-refractivity contribution >= 4 is 47.0 Å². The number of likely N-dealkylation sites (tertiary alicyclic amines) is 1. The van der Waals surface area contributed by atoms with Gasteiger partial charge in [0.1, 0.15) is 11.8 Å². The molecule has 0 amide bonds. The maximum absolute atomic E-state index is 10.1. The van der Waals surface area contributed by atoms with Crippen molar-refractivity contribution in [2.75, 3.05) is 24.6 Å². The molecular formula is C12H16IN5OS. The fourth-order valence-corrected chi connectivity index (χ4v) is 4.56. The summed E-state index contributed by atoms with van der Waals surface area (Å²) in [6.45, 7) is 2.41. The van der Waals surface area contributed by atoms with Gasteiger partial charge in [-0.3, -0.25) is 4.90 Å². The second kappa shape index (κ2) is 6.04. The molecule has 1 unspecified atom stereocenters. The van der Waals surface area contributed by atoms with Crippen LogP contribution in [0.2, 0.25) is 0 Å². The highest BCUT2D eigenvalue weighted by molar-refractivity contribution is 14.2. The summed E-state index contributed by atoms with van der Waals surface area (Å²) in [5, 5.41) is 10.1. The highest BCUT2D eigenvalue weighted by Gasteiger charge is 2.31. The molecule has 0 aliphatic carbocycles. The van der Waals surface area contributed by atoms with Crippen LogP contribution in [-0.4, -0.2) is 49.9 Å². The standard InChI is InChI=1S/C12H16IN5OS/c13-20-5-8-3-18(4-9(8)19)2-7-1-15-11-10(7)16-6-17-12(11)14/h1,6,8-9,15,19H,2-5H2,(H2,14,16,17)/t8-,9?/m1/s1. The van der Waals surface area contributed by atoms with E-state index in [9.17, 15) is 5.11 Å². The molecular weight excluding hydrogens is 389 g/mol. The first-order chi connectivity index (χ1) is 9.69. The lowest BCUT2D eigenvalue weighted by Gasteiger charge is -2.14. The number of fused-ring (bicyclic) bond motifs is 1. The number of nitrogens with zero attached hydrogens (tertiary/aromatic N) is 3. The zero-order chi connectivity index (χ0) is 14.1. The van der Waals surface area contributed by atoms with E-state index in [0.29, 0.717) is 11.7 Å². The first-order valence-electron chi connectivity index (χ1n) is 6.39. The first kappa shape index (κ1) is 14.4. The number of nitrogens with two attached hydrogens (primary N) is 1. The van der Waals surface area contributed by atoms with Crippen molar-refractivity contribution < 1.29 is 5.11 Å². The largest absolute Gasteiger partial charge is 0.391 e. The van der Waals surface area contributed by atoms with Crippen LogP contribution in [0.1, 0.15) is 5.56 Å². The van der Waals surface area contributed by atoms with Crippen LogP contribution in [0.15, 0.2) is 12.5 Å². The summed E-state index contributed by atoms with van der Waals surface area (Å²) in [6, 6.07) is 0. The van der Waals surface area contributed by atoms with Crippen LogP contribution in [-0.2, 0) is 6.54 Å². The van der Waals surface area contributed by atoms with Gasteiger partial charge >= 0.3 is 0 Å². The van der Waals surface area contributed by atoms with Gasteiger partial charge < -0.3 is 15.8 Å². The molecule has 108 valence electrons. The van der Waals surface area contributed by atoms with Crippen LogP contribution in [0, 0.1) is 5.92 Å². The van der Waals surface area contributed by atoms with Crippen molar-refractivity contribution in [1.82, 2.24) is 19.9 Å². The Morgan fingerprint density at radius 1 is 1.50 bits per heavy atom. The Balaban J connectivity index is 1.76. The third kappa shape index (κ3) is 2.74. The lowest BCUT2D eigenvalue weighted by Crippen LogP contribution is -2.21. The van der Waals surface area contributed by atoms with Crippen molar-refractivity contribution in [3.63, 3.8) is 0 Å². The molecule has 0 spiro atoms. The molecule has 2 atom stereocenters. The number of rotatable bonds is 4. The van der Waals surface area contributed by atoms with Gasteiger partial charge in [0.15, 0.2) is 5.82 Å². The van der Waals surface area contributed by atoms with Crippen molar-refractivity contribution in [2.45, 2.75) is 12.6 Å². The molecule has 1 fully saturated rings. The van der Waals surface area contributed by atoms with Crippen LogP contribution in [0.4, 0.5) is 5.82 Å². The van der Waals surface area contributed by atoms with E-state index in [1.54, 1.807) is 8.93 Å². The third-order valence-corrected chi connectivity index (χ3v) is 5.36. The molecule has 1 aliphatic rings. The van der Waals surface area contributed by atoms with E-state index < -0.39 is 0 Å². The number of H-pyrrole nitrogens is 1. The molecule has 6 nitrogen and oxygen atoms in total. The lowest BCUT2D eigenvalue weighted by atomic mass is 10.1. The van der Waals surface area contributed by atoms with E-state index in [4.69, 9.17) is 5.73 Å². The molecule has 2 aromatic heterocycles. The van der Waals surface area contributed by atoms with Gasteiger partial charge in [0.05, 0.1) is 11.6 Å². The van der Waals surface area contributed by atoms with Gasteiger partial charge in [-0.05, 0) is 21.2 Å². The van der Waals surface area contributed by atoms with Gasteiger partial charge in [0.2, 0.25) is 0 Å². The Hall–Kier alpha value is -0.580. The van der Waals surface area contributed by atoms with Crippen LogP contribution in [0.25, 0.3) is 11.0 Å². The van der Waals surface area contributed by atoms with Crippen molar-refractivity contribution in [3.05, 3.63) is 18.1 Å². The number of nitrogens with one attached hydrogen (secondary N) is 1. The van der Waals surface area contributed by atoms with Gasteiger partial charge in [-0.1, -0.05) is 8.93 Å². The van der Waals surface area contributed by atoms with Crippen LogP contribution >= 0.6 is 30.1 Å².